The fourth-order valence-electron chi connectivity index (χ4n) is 3.42. The number of rotatable bonds is 8. The first kappa shape index (κ1) is 22.5. The zero-order valence-electron chi connectivity index (χ0n) is 17.2. The number of nitrogens with zero attached hydrogens (tertiary/aromatic N) is 2. The summed E-state index contributed by atoms with van der Waals surface area (Å²) in [5.41, 5.74) is 0. The summed E-state index contributed by atoms with van der Waals surface area (Å²) in [7, 11) is 1.76. The quantitative estimate of drug-likeness (QED) is 0.299. The summed E-state index contributed by atoms with van der Waals surface area (Å²) in [4.78, 5) is 19.5. The normalized spacial score (nSPS) is 15.8. The van der Waals surface area contributed by atoms with Gasteiger partial charge in [-0.25, -0.2) is 4.39 Å². The summed E-state index contributed by atoms with van der Waals surface area (Å²) in [6, 6.07) is 7.14. The molecule has 28 heavy (non-hydrogen) atoms. The van der Waals surface area contributed by atoms with Crippen LogP contribution >= 0.6 is 11.8 Å². The largest absolute Gasteiger partial charge is 0.356 e. The Morgan fingerprint density at radius 3 is 2.57 bits per heavy atom. The van der Waals surface area contributed by atoms with E-state index in [0.717, 1.165) is 50.5 Å². The van der Waals surface area contributed by atoms with Crippen molar-refractivity contribution < 1.29 is 9.18 Å². The van der Waals surface area contributed by atoms with Crippen molar-refractivity contribution in [3.63, 3.8) is 0 Å². The van der Waals surface area contributed by atoms with E-state index < -0.39 is 0 Å². The van der Waals surface area contributed by atoms with E-state index in [1.165, 1.54) is 17.8 Å². The van der Waals surface area contributed by atoms with Crippen LogP contribution in [0.5, 0.6) is 0 Å². The molecule has 156 valence electrons. The van der Waals surface area contributed by atoms with E-state index in [9.17, 15) is 9.18 Å². The van der Waals surface area contributed by atoms with Gasteiger partial charge in [0.1, 0.15) is 5.82 Å². The molecule has 1 aliphatic heterocycles. The Hall–Kier alpha value is -1.76. The minimum atomic E-state index is -0.176. The van der Waals surface area contributed by atoms with Crippen LogP contribution in [0.3, 0.4) is 0 Å². The van der Waals surface area contributed by atoms with Gasteiger partial charge in [-0.05, 0) is 37.8 Å². The number of piperidine rings is 1. The molecule has 0 aliphatic carbocycles. The molecule has 0 bridgehead atoms. The molecule has 0 aromatic heterocycles. The molecule has 2 rings (SSSR count). The average Bonchev–Trinajstić information content (AvgIpc) is 2.72. The molecule has 2 N–H and O–H groups in total. The number of halogens is 1. The second-order valence-electron chi connectivity index (χ2n) is 7.04. The van der Waals surface area contributed by atoms with Crippen molar-refractivity contribution in [1.82, 2.24) is 15.5 Å². The molecule has 0 spiro atoms. The van der Waals surface area contributed by atoms with E-state index in [0.29, 0.717) is 23.4 Å². The zero-order valence-corrected chi connectivity index (χ0v) is 18.0. The lowest BCUT2D eigenvalue weighted by Gasteiger charge is -2.34. The summed E-state index contributed by atoms with van der Waals surface area (Å²) in [6.07, 6.45) is 3.68. The monoisotopic (exact) mass is 408 g/mol. The number of thioether (sulfide) groups is 1. The number of carbonyl (C=O) groups is 1. The SMILES string of the molecule is CCC(CC)C(=O)N1CCC(NC(=NC)NCCSc2ccccc2F)CC1. The number of hydrogen-bond donors (Lipinski definition) is 2. The summed E-state index contributed by atoms with van der Waals surface area (Å²) in [6.45, 7) is 6.46. The molecule has 1 saturated heterocycles. The Balaban J connectivity index is 1.69. The Labute approximate surface area is 172 Å². The lowest BCUT2D eigenvalue weighted by molar-refractivity contribution is -0.136. The zero-order chi connectivity index (χ0) is 20.4. The summed E-state index contributed by atoms with van der Waals surface area (Å²) >= 11 is 1.49. The third-order valence-corrected chi connectivity index (χ3v) is 6.24. The summed E-state index contributed by atoms with van der Waals surface area (Å²) < 4.78 is 13.6. The minimum Gasteiger partial charge on any atom is -0.356 e. The Morgan fingerprint density at radius 2 is 1.96 bits per heavy atom. The first-order valence-corrected chi connectivity index (χ1v) is 11.2. The summed E-state index contributed by atoms with van der Waals surface area (Å²) in [5, 5.41) is 6.74. The molecule has 1 aliphatic rings. The van der Waals surface area contributed by atoms with Crippen LogP contribution in [0.25, 0.3) is 0 Å². The molecule has 1 amide bonds. The number of benzene rings is 1. The number of likely N-dealkylation sites (tertiary alicyclic amines) is 1. The maximum atomic E-state index is 13.6. The van der Waals surface area contributed by atoms with Crippen LogP contribution in [0, 0.1) is 11.7 Å². The van der Waals surface area contributed by atoms with Gasteiger partial charge in [0.15, 0.2) is 5.96 Å². The first-order chi connectivity index (χ1) is 13.6. The topological polar surface area (TPSA) is 56.7 Å². The van der Waals surface area contributed by atoms with E-state index in [1.807, 2.05) is 11.0 Å². The van der Waals surface area contributed by atoms with E-state index in [2.05, 4.69) is 29.5 Å². The molecule has 1 aromatic rings. The molecule has 1 aromatic carbocycles. The highest BCUT2D eigenvalue weighted by molar-refractivity contribution is 7.99. The minimum absolute atomic E-state index is 0.158. The van der Waals surface area contributed by atoms with Crippen molar-refractivity contribution in [2.75, 3.05) is 32.4 Å². The van der Waals surface area contributed by atoms with Gasteiger partial charge >= 0.3 is 0 Å². The highest BCUT2D eigenvalue weighted by Crippen LogP contribution is 2.20. The smallest absolute Gasteiger partial charge is 0.225 e. The maximum Gasteiger partial charge on any atom is 0.225 e. The molecule has 0 saturated carbocycles. The Bertz CT molecular complexity index is 643. The number of amides is 1. The molecular weight excluding hydrogens is 375 g/mol. The van der Waals surface area contributed by atoms with Crippen molar-refractivity contribution in [1.29, 1.82) is 0 Å². The molecule has 7 heteroatoms. The van der Waals surface area contributed by atoms with E-state index >= 15 is 0 Å². The van der Waals surface area contributed by atoms with E-state index in [-0.39, 0.29) is 11.7 Å². The third kappa shape index (κ3) is 6.69. The van der Waals surface area contributed by atoms with Gasteiger partial charge in [-0.2, -0.15) is 0 Å². The highest BCUT2D eigenvalue weighted by Gasteiger charge is 2.26. The van der Waals surface area contributed by atoms with Crippen LogP contribution < -0.4 is 10.6 Å². The lowest BCUT2D eigenvalue weighted by Crippen LogP contribution is -2.50. The predicted molar refractivity (Wildman–Crippen MR) is 115 cm³/mol. The fourth-order valence-corrected chi connectivity index (χ4v) is 4.23. The maximum absolute atomic E-state index is 13.6. The van der Waals surface area contributed by atoms with Gasteiger partial charge in [0.25, 0.3) is 0 Å². The summed E-state index contributed by atoms with van der Waals surface area (Å²) in [5.74, 6) is 1.80. The van der Waals surface area contributed by atoms with Crippen molar-refractivity contribution in [3.8, 4) is 0 Å². The van der Waals surface area contributed by atoms with Crippen molar-refractivity contribution >= 4 is 23.6 Å². The lowest BCUT2D eigenvalue weighted by atomic mass is 9.98. The van der Waals surface area contributed by atoms with Gasteiger partial charge < -0.3 is 15.5 Å². The third-order valence-electron chi connectivity index (χ3n) is 5.19. The number of aliphatic imine (C=N–C) groups is 1. The van der Waals surface area contributed by atoms with Crippen LogP contribution in [0.1, 0.15) is 39.5 Å². The van der Waals surface area contributed by atoms with Crippen LogP contribution in [0.2, 0.25) is 0 Å². The van der Waals surface area contributed by atoms with Gasteiger partial charge in [-0.1, -0.05) is 26.0 Å². The van der Waals surface area contributed by atoms with Crippen LogP contribution in [0.15, 0.2) is 34.2 Å². The Morgan fingerprint density at radius 1 is 1.29 bits per heavy atom. The molecule has 0 atom stereocenters. The molecular formula is C21H33FN4OS. The van der Waals surface area contributed by atoms with Crippen molar-refractivity contribution in [2.45, 2.75) is 50.5 Å². The standard InChI is InChI=1S/C21H33FN4OS/c1-4-16(5-2)20(27)26-13-10-17(11-14-26)25-21(23-3)24-12-15-28-19-9-7-6-8-18(19)22/h6-9,16-17H,4-5,10-15H2,1-3H3,(H2,23,24,25). The van der Waals surface area contributed by atoms with Gasteiger partial charge in [-0.15, -0.1) is 11.8 Å². The van der Waals surface area contributed by atoms with Crippen molar-refractivity contribution in [2.24, 2.45) is 10.9 Å². The molecule has 5 nitrogen and oxygen atoms in total. The highest BCUT2D eigenvalue weighted by atomic mass is 32.2. The second-order valence-corrected chi connectivity index (χ2v) is 8.17. The van der Waals surface area contributed by atoms with Gasteiger partial charge in [0.05, 0.1) is 0 Å². The van der Waals surface area contributed by atoms with Crippen LogP contribution in [-0.2, 0) is 4.79 Å². The molecule has 0 unspecified atom stereocenters. The number of nitrogens with one attached hydrogen (secondary N) is 2. The first-order valence-electron chi connectivity index (χ1n) is 10.2. The van der Waals surface area contributed by atoms with E-state index in [4.69, 9.17) is 0 Å². The van der Waals surface area contributed by atoms with Crippen LogP contribution in [-0.4, -0.2) is 55.2 Å². The van der Waals surface area contributed by atoms with Crippen LogP contribution in [0.4, 0.5) is 4.39 Å². The van der Waals surface area contributed by atoms with Gasteiger partial charge in [0, 0.05) is 49.3 Å². The van der Waals surface area contributed by atoms with E-state index in [1.54, 1.807) is 19.2 Å². The average molecular weight is 409 g/mol. The van der Waals surface area contributed by atoms with Gasteiger partial charge in [0.2, 0.25) is 5.91 Å². The predicted octanol–water partition coefficient (Wildman–Crippen LogP) is 3.51. The molecule has 1 fully saturated rings. The number of guanidine groups is 1. The second kappa shape index (κ2) is 11.9. The molecule has 0 radical (unpaired) electrons. The molecule has 1 heterocycles. The van der Waals surface area contributed by atoms with Crippen molar-refractivity contribution in [3.05, 3.63) is 30.1 Å². The fraction of sp³-hybridized carbons (Fsp3) is 0.619. The Kier molecular flexibility index (Phi) is 9.61. The van der Waals surface area contributed by atoms with Gasteiger partial charge in [-0.3, -0.25) is 9.79 Å². The number of carbonyl (C=O) groups excluding carboxylic acids is 1. The number of hydrogen-bond acceptors (Lipinski definition) is 3.